The lowest BCUT2D eigenvalue weighted by atomic mass is 10.1. The number of methoxy groups -OCH3 is 1. The van der Waals surface area contributed by atoms with E-state index in [4.69, 9.17) is 4.74 Å². The second-order valence-corrected chi connectivity index (χ2v) is 4.06. The van der Waals surface area contributed by atoms with Gasteiger partial charge in [0.25, 0.3) is 0 Å². The molecule has 0 unspecified atom stereocenters. The van der Waals surface area contributed by atoms with Crippen LogP contribution in [0.25, 0.3) is 0 Å². The predicted octanol–water partition coefficient (Wildman–Crippen LogP) is 1.11. The molecule has 0 bridgehead atoms. The number of nitrogens with zero attached hydrogens (tertiary/aromatic N) is 1. The first-order valence-corrected chi connectivity index (χ1v) is 5.51. The van der Waals surface area contributed by atoms with Gasteiger partial charge in [0.2, 0.25) is 0 Å². The van der Waals surface area contributed by atoms with E-state index in [0.29, 0.717) is 13.2 Å². The minimum Gasteiger partial charge on any atom is -0.387 e. The fourth-order valence-electron chi connectivity index (χ4n) is 1.14. The summed E-state index contributed by atoms with van der Waals surface area (Å²) in [6.45, 7) is 1.87. The smallest absolute Gasteiger partial charge is 0.0929 e. The van der Waals surface area contributed by atoms with Crippen LogP contribution in [0.1, 0.15) is 11.7 Å². The van der Waals surface area contributed by atoms with Gasteiger partial charge in [0.1, 0.15) is 0 Å². The SMILES string of the molecule is COCCNC[C@H](O)c1cncc(Br)c1. The first-order chi connectivity index (χ1) is 7.24. The van der Waals surface area contributed by atoms with Crippen molar-refractivity contribution in [3.8, 4) is 0 Å². The number of rotatable bonds is 6. The Labute approximate surface area is 97.8 Å². The van der Waals surface area contributed by atoms with Crippen LogP contribution in [0.5, 0.6) is 0 Å². The van der Waals surface area contributed by atoms with Crippen molar-refractivity contribution in [2.45, 2.75) is 6.10 Å². The van der Waals surface area contributed by atoms with Gasteiger partial charge in [-0.3, -0.25) is 4.98 Å². The molecule has 0 aromatic carbocycles. The molecule has 0 aliphatic rings. The largest absolute Gasteiger partial charge is 0.387 e. The Bertz CT molecular complexity index is 297. The third kappa shape index (κ3) is 4.70. The second kappa shape index (κ2) is 6.90. The molecule has 0 radical (unpaired) electrons. The van der Waals surface area contributed by atoms with Crippen LogP contribution in [-0.2, 0) is 4.74 Å². The number of hydrogen-bond acceptors (Lipinski definition) is 4. The minimum atomic E-state index is -0.535. The lowest BCUT2D eigenvalue weighted by molar-refractivity contribution is 0.161. The molecule has 1 rings (SSSR count). The number of aliphatic hydroxyl groups is 1. The van der Waals surface area contributed by atoms with Crippen LogP contribution < -0.4 is 5.32 Å². The van der Waals surface area contributed by atoms with E-state index in [0.717, 1.165) is 16.6 Å². The van der Waals surface area contributed by atoms with Gasteiger partial charge in [-0.15, -0.1) is 0 Å². The van der Waals surface area contributed by atoms with Crippen LogP contribution in [0.2, 0.25) is 0 Å². The summed E-state index contributed by atoms with van der Waals surface area (Å²) in [6.07, 6.45) is 2.81. The van der Waals surface area contributed by atoms with Crippen LogP contribution in [0.4, 0.5) is 0 Å². The van der Waals surface area contributed by atoms with Crippen molar-refractivity contribution in [1.29, 1.82) is 0 Å². The minimum absolute atomic E-state index is 0.501. The highest BCUT2D eigenvalue weighted by Gasteiger charge is 2.07. The van der Waals surface area contributed by atoms with Crippen LogP contribution in [0.15, 0.2) is 22.9 Å². The molecule has 2 N–H and O–H groups in total. The zero-order valence-corrected chi connectivity index (χ0v) is 10.2. The molecule has 0 amide bonds. The van der Waals surface area contributed by atoms with E-state index in [1.54, 1.807) is 19.5 Å². The van der Waals surface area contributed by atoms with E-state index in [2.05, 4.69) is 26.2 Å². The molecule has 0 fully saturated rings. The van der Waals surface area contributed by atoms with Crippen molar-refractivity contribution >= 4 is 15.9 Å². The summed E-state index contributed by atoms with van der Waals surface area (Å²) in [5, 5.41) is 12.9. The standard InChI is InChI=1S/C10H15BrN2O2/c1-15-3-2-12-7-10(14)8-4-9(11)6-13-5-8/h4-6,10,12,14H,2-3,7H2,1H3/t10-/m0/s1. The summed E-state index contributed by atoms with van der Waals surface area (Å²) in [5.74, 6) is 0. The Morgan fingerprint density at radius 3 is 3.07 bits per heavy atom. The van der Waals surface area contributed by atoms with Gasteiger partial charge in [0.15, 0.2) is 0 Å². The number of halogens is 1. The summed E-state index contributed by atoms with van der Waals surface area (Å²) in [5.41, 5.74) is 0.800. The maximum Gasteiger partial charge on any atom is 0.0929 e. The quantitative estimate of drug-likeness (QED) is 0.764. The summed E-state index contributed by atoms with van der Waals surface area (Å²) >= 11 is 3.31. The molecule has 1 heterocycles. The number of aliphatic hydroxyl groups excluding tert-OH is 1. The van der Waals surface area contributed by atoms with Gasteiger partial charge in [0.05, 0.1) is 12.7 Å². The zero-order chi connectivity index (χ0) is 11.1. The summed E-state index contributed by atoms with van der Waals surface area (Å²) < 4.78 is 5.76. The highest BCUT2D eigenvalue weighted by Crippen LogP contribution is 2.15. The fourth-order valence-corrected chi connectivity index (χ4v) is 1.52. The maximum absolute atomic E-state index is 9.78. The van der Waals surface area contributed by atoms with Crippen molar-refractivity contribution < 1.29 is 9.84 Å². The highest BCUT2D eigenvalue weighted by molar-refractivity contribution is 9.10. The zero-order valence-electron chi connectivity index (χ0n) is 8.61. The molecular weight excluding hydrogens is 260 g/mol. The number of pyridine rings is 1. The Hall–Kier alpha value is -0.490. The molecular formula is C10H15BrN2O2. The van der Waals surface area contributed by atoms with E-state index < -0.39 is 6.10 Å². The molecule has 0 aliphatic heterocycles. The van der Waals surface area contributed by atoms with Gasteiger partial charge in [-0.25, -0.2) is 0 Å². The van der Waals surface area contributed by atoms with Crippen LogP contribution in [0, 0.1) is 0 Å². The van der Waals surface area contributed by atoms with Gasteiger partial charge in [-0.2, -0.15) is 0 Å². The van der Waals surface area contributed by atoms with Crippen molar-refractivity contribution in [3.05, 3.63) is 28.5 Å². The summed E-state index contributed by atoms with van der Waals surface area (Å²) in [4.78, 5) is 3.99. The fraction of sp³-hybridized carbons (Fsp3) is 0.500. The molecule has 0 saturated carbocycles. The third-order valence-corrected chi connectivity index (χ3v) is 2.37. The maximum atomic E-state index is 9.78. The number of aromatic nitrogens is 1. The summed E-state index contributed by atoms with van der Waals surface area (Å²) in [6, 6.07) is 1.86. The Morgan fingerprint density at radius 2 is 2.40 bits per heavy atom. The van der Waals surface area contributed by atoms with Crippen LogP contribution >= 0.6 is 15.9 Å². The molecule has 84 valence electrons. The molecule has 15 heavy (non-hydrogen) atoms. The van der Waals surface area contributed by atoms with Gasteiger partial charge in [-0.05, 0) is 22.0 Å². The van der Waals surface area contributed by atoms with E-state index in [1.807, 2.05) is 6.07 Å². The first kappa shape index (κ1) is 12.6. The van der Waals surface area contributed by atoms with Gasteiger partial charge < -0.3 is 15.2 Å². The van der Waals surface area contributed by atoms with Gasteiger partial charge >= 0.3 is 0 Å². The molecule has 4 nitrogen and oxygen atoms in total. The van der Waals surface area contributed by atoms with E-state index in [9.17, 15) is 5.11 Å². The monoisotopic (exact) mass is 274 g/mol. The van der Waals surface area contributed by atoms with Crippen molar-refractivity contribution in [3.63, 3.8) is 0 Å². The van der Waals surface area contributed by atoms with Crippen molar-refractivity contribution in [2.24, 2.45) is 0 Å². The van der Waals surface area contributed by atoms with E-state index in [1.165, 1.54) is 0 Å². The third-order valence-electron chi connectivity index (χ3n) is 1.93. The Kier molecular flexibility index (Phi) is 5.78. The van der Waals surface area contributed by atoms with Crippen LogP contribution in [0.3, 0.4) is 0 Å². The topological polar surface area (TPSA) is 54.4 Å². The molecule has 5 heteroatoms. The molecule has 1 aromatic rings. The lowest BCUT2D eigenvalue weighted by Crippen LogP contribution is -2.25. The van der Waals surface area contributed by atoms with Crippen molar-refractivity contribution in [2.75, 3.05) is 26.8 Å². The average molecular weight is 275 g/mol. The van der Waals surface area contributed by atoms with E-state index >= 15 is 0 Å². The number of ether oxygens (including phenoxy) is 1. The van der Waals surface area contributed by atoms with Crippen LogP contribution in [-0.4, -0.2) is 36.9 Å². The first-order valence-electron chi connectivity index (χ1n) is 4.72. The second-order valence-electron chi connectivity index (χ2n) is 3.15. The van der Waals surface area contributed by atoms with Crippen molar-refractivity contribution in [1.82, 2.24) is 10.3 Å². The summed E-state index contributed by atoms with van der Waals surface area (Å²) in [7, 11) is 1.65. The molecule has 1 aromatic heterocycles. The normalized spacial score (nSPS) is 12.7. The molecule has 0 aliphatic carbocycles. The number of hydrogen-bond donors (Lipinski definition) is 2. The van der Waals surface area contributed by atoms with Gasteiger partial charge in [-0.1, -0.05) is 0 Å². The number of nitrogens with one attached hydrogen (secondary N) is 1. The average Bonchev–Trinajstić information content (AvgIpc) is 2.24. The Morgan fingerprint density at radius 1 is 1.60 bits per heavy atom. The molecule has 0 saturated heterocycles. The Balaban J connectivity index is 2.36. The van der Waals surface area contributed by atoms with Gasteiger partial charge in [0, 0.05) is 42.6 Å². The van der Waals surface area contributed by atoms with E-state index in [-0.39, 0.29) is 0 Å². The highest BCUT2D eigenvalue weighted by atomic mass is 79.9. The lowest BCUT2D eigenvalue weighted by Gasteiger charge is -2.11. The molecule has 1 atom stereocenters. The predicted molar refractivity (Wildman–Crippen MR) is 61.6 cm³/mol. The molecule has 0 spiro atoms.